The van der Waals surface area contributed by atoms with Gasteiger partial charge in [0.15, 0.2) is 5.78 Å². The minimum Gasteiger partial charge on any atom is -0.377 e. The Hall–Kier alpha value is -1.26. The van der Waals surface area contributed by atoms with E-state index in [1.807, 2.05) is 18.2 Å². The molecule has 1 aromatic heterocycles. The molecule has 0 aliphatic heterocycles. The van der Waals surface area contributed by atoms with Crippen LogP contribution in [-0.4, -0.2) is 37.7 Å². The molecule has 0 fully saturated rings. The first-order valence-corrected chi connectivity index (χ1v) is 4.81. The number of rotatable bonds is 7. The second kappa shape index (κ2) is 7.09. The van der Waals surface area contributed by atoms with Crippen molar-refractivity contribution in [1.82, 2.24) is 4.98 Å². The van der Waals surface area contributed by atoms with Crippen molar-refractivity contribution in [1.29, 1.82) is 0 Å². The van der Waals surface area contributed by atoms with E-state index in [-0.39, 0.29) is 19.0 Å². The summed E-state index contributed by atoms with van der Waals surface area (Å²) in [7, 11) is 1.49. The summed E-state index contributed by atoms with van der Waals surface area (Å²) in [6, 6.07) is 5.73. The van der Waals surface area contributed by atoms with Gasteiger partial charge >= 0.3 is 0 Å². The van der Waals surface area contributed by atoms with E-state index in [1.165, 1.54) is 7.11 Å². The molecule has 1 aromatic rings. The molecule has 0 unspecified atom stereocenters. The number of aromatic nitrogens is 1. The zero-order valence-corrected chi connectivity index (χ0v) is 8.81. The molecule has 0 bridgehead atoms. The Labute approximate surface area is 89.2 Å². The van der Waals surface area contributed by atoms with Gasteiger partial charge in [-0.05, 0) is 12.1 Å². The molecule has 15 heavy (non-hydrogen) atoms. The van der Waals surface area contributed by atoms with E-state index in [1.54, 1.807) is 6.20 Å². The second-order valence-corrected chi connectivity index (χ2v) is 3.10. The predicted molar refractivity (Wildman–Crippen MR) is 55.6 cm³/mol. The summed E-state index contributed by atoms with van der Waals surface area (Å²) in [5.74, 6) is -0.0430. The maximum atomic E-state index is 11.0. The zero-order chi connectivity index (χ0) is 10.9. The van der Waals surface area contributed by atoms with Crippen molar-refractivity contribution < 1.29 is 14.3 Å². The number of ether oxygens (including phenoxy) is 2. The van der Waals surface area contributed by atoms with E-state index in [4.69, 9.17) is 4.74 Å². The molecular weight excluding hydrogens is 194 g/mol. The predicted octanol–water partition coefficient (Wildman–Crippen LogP) is 0.856. The second-order valence-electron chi connectivity index (χ2n) is 3.10. The van der Waals surface area contributed by atoms with Crippen molar-refractivity contribution >= 4 is 5.78 Å². The topological polar surface area (TPSA) is 48.4 Å². The van der Waals surface area contributed by atoms with Gasteiger partial charge in [0.25, 0.3) is 0 Å². The van der Waals surface area contributed by atoms with Gasteiger partial charge in [-0.3, -0.25) is 9.78 Å². The van der Waals surface area contributed by atoms with Gasteiger partial charge in [-0.1, -0.05) is 6.07 Å². The smallest absolute Gasteiger partial charge is 0.183 e. The Morgan fingerprint density at radius 3 is 2.93 bits per heavy atom. The van der Waals surface area contributed by atoms with Crippen LogP contribution in [0, 0.1) is 0 Å². The number of pyridine rings is 1. The number of hydrogen-bond acceptors (Lipinski definition) is 4. The van der Waals surface area contributed by atoms with E-state index >= 15 is 0 Å². The van der Waals surface area contributed by atoms with Crippen molar-refractivity contribution in [3.8, 4) is 0 Å². The molecule has 1 rings (SSSR count). The van der Waals surface area contributed by atoms with Crippen molar-refractivity contribution in [2.24, 2.45) is 0 Å². The van der Waals surface area contributed by atoms with E-state index in [0.717, 1.165) is 12.1 Å². The van der Waals surface area contributed by atoms with Crippen LogP contribution >= 0.6 is 0 Å². The highest BCUT2D eigenvalue weighted by Crippen LogP contribution is 1.94. The molecule has 0 N–H and O–H groups in total. The van der Waals surface area contributed by atoms with Gasteiger partial charge in [0, 0.05) is 25.4 Å². The first kappa shape index (κ1) is 11.8. The quantitative estimate of drug-likeness (QED) is 0.625. The zero-order valence-electron chi connectivity index (χ0n) is 8.81. The molecule has 0 amide bonds. The summed E-state index contributed by atoms with van der Waals surface area (Å²) in [5.41, 5.74) is 0.969. The molecule has 0 radical (unpaired) electrons. The van der Waals surface area contributed by atoms with E-state index in [9.17, 15) is 4.79 Å². The molecule has 0 atom stereocenters. The Morgan fingerprint density at radius 1 is 1.40 bits per heavy atom. The molecule has 82 valence electrons. The number of methoxy groups -OCH3 is 1. The Bertz CT molecular complexity index is 287. The van der Waals surface area contributed by atoms with Crippen LogP contribution in [0.4, 0.5) is 0 Å². The highest BCUT2D eigenvalue weighted by Gasteiger charge is 2.00. The number of hydrogen-bond donors (Lipinski definition) is 0. The van der Waals surface area contributed by atoms with Crippen molar-refractivity contribution in [3.63, 3.8) is 0 Å². The Balaban J connectivity index is 2.10. The average Bonchev–Trinajstić information content (AvgIpc) is 2.26. The van der Waals surface area contributed by atoms with E-state index < -0.39 is 0 Å². The Morgan fingerprint density at radius 2 is 2.27 bits per heavy atom. The lowest BCUT2D eigenvalue weighted by atomic mass is 10.3. The Kier molecular flexibility index (Phi) is 5.58. The third kappa shape index (κ3) is 5.24. The maximum Gasteiger partial charge on any atom is 0.183 e. The molecule has 4 heteroatoms. The first-order valence-electron chi connectivity index (χ1n) is 4.81. The normalized spacial score (nSPS) is 10.2. The molecular formula is C11H15NO3. The fourth-order valence-corrected chi connectivity index (χ4v) is 1.11. The third-order valence-electron chi connectivity index (χ3n) is 1.80. The molecule has 0 spiro atoms. The van der Waals surface area contributed by atoms with Gasteiger partial charge in [-0.25, -0.2) is 0 Å². The van der Waals surface area contributed by atoms with Crippen LogP contribution in [0.5, 0.6) is 0 Å². The van der Waals surface area contributed by atoms with Crippen LogP contribution in [0.1, 0.15) is 5.69 Å². The summed E-state index contributed by atoms with van der Waals surface area (Å²) in [4.78, 5) is 15.1. The van der Waals surface area contributed by atoms with Crippen LogP contribution in [0.2, 0.25) is 0 Å². The maximum absolute atomic E-state index is 11.0. The van der Waals surface area contributed by atoms with Crippen LogP contribution in [0.15, 0.2) is 24.4 Å². The fourth-order valence-electron chi connectivity index (χ4n) is 1.11. The standard InChI is InChI=1S/C11H15NO3/c1-14-8-11(13)9-15-7-5-10-4-2-3-6-12-10/h2-4,6H,5,7-9H2,1H3. The average molecular weight is 209 g/mol. The van der Waals surface area contributed by atoms with Crippen LogP contribution < -0.4 is 0 Å². The summed E-state index contributed by atoms with van der Waals surface area (Å²) in [5, 5.41) is 0. The van der Waals surface area contributed by atoms with E-state index in [0.29, 0.717) is 6.61 Å². The SMILES string of the molecule is COCC(=O)COCCc1ccccn1. The summed E-state index contributed by atoms with van der Waals surface area (Å²) in [6.45, 7) is 0.733. The lowest BCUT2D eigenvalue weighted by Crippen LogP contribution is -2.15. The molecule has 0 aromatic carbocycles. The van der Waals surface area contributed by atoms with Gasteiger partial charge < -0.3 is 9.47 Å². The number of nitrogens with zero attached hydrogens (tertiary/aromatic N) is 1. The monoisotopic (exact) mass is 209 g/mol. The number of ketones is 1. The molecule has 0 saturated carbocycles. The van der Waals surface area contributed by atoms with E-state index in [2.05, 4.69) is 9.72 Å². The summed E-state index contributed by atoms with van der Waals surface area (Å²) < 4.78 is 9.86. The lowest BCUT2D eigenvalue weighted by molar-refractivity contribution is -0.127. The lowest BCUT2D eigenvalue weighted by Gasteiger charge is -2.02. The highest BCUT2D eigenvalue weighted by atomic mass is 16.5. The third-order valence-corrected chi connectivity index (χ3v) is 1.80. The molecule has 1 heterocycles. The summed E-state index contributed by atoms with van der Waals surface area (Å²) in [6.07, 6.45) is 2.46. The van der Waals surface area contributed by atoms with Crippen molar-refractivity contribution in [2.45, 2.75) is 6.42 Å². The van der Waals surface area contributed by atoms with Gasteiger partial charge in [0.2, 0.25) is 0 Å². The first-order chi connectivity index (χ1) is 7.33. The van der Waals surface area contributed by atoms with Gasteiger partial charge in [-0.2, -0.15) is 0 Å². The summed E-state index contributed by atoms with van der Waals surface area (Å²) >= 11 is 0. The van der Waals surface area contributed by atoms with Crippen LogP contribution in [0.3, 0.4) is 0 Å². The number of carbonyl (C=O) groups excluding carboxylic acids is 1. The minimum atomic E-state index is -0.0430. The number of Topliss-reactive ketones (excluding diaryl/α,β-unsaturated/α-hetero) is 1. The fraction of sp³-hybridized carbons (Fsp3) is 0.455. The van der Waals surface area contributed by atoms with Crippen LogP contribution in [-0.2, 0) is 20.7 Å². The molecule has 0 saturated heterocycles. The van der Waals surface area contributed by atoms with Gasteiger partial charge in [0.1, 0.15) is 13.2 Å². The minimum absolute atomic E-state index is 0.0430. The van der Waals surface area contributed by atoms with Gasteiger partial charge in [0.05, 0.1) is 6.61 Å². The van der Waals surface area contributed by atoms with Crippen molar-refractivity contribution in [3.05, 3.63) is 30.1 Å². The van der Waals surface area contributed by atoms with Crippen molar-refractivity contribution in [2.75, 3.05) is 26.9 Å². The number of carbonyl (C=O) groups is 1. The van der Waals surface area contributed by atoms with Crippen LogP contribution in [0.25, 0.3) is 0 Å². The molecule has 4 nitrogen and oxygen atoms in total. The highest BCUT2D eigenvalue weighted by molar-refractivity contribution is 5.80. The van der Waals surface area contributed by atoms with Gasteiger partial charge in [-0.15, -0.1) is 0 Å². The largest absolute Gasteiger partial charge is 0.377 e. The molecule has 0 aliphatic carbocycles. The molecule has 0 aliphatic rings.